The van der Waals surface area contributed by atoms with Gasteiger partial charge in [-0.05, 0) is 103 Å². The van der Waals surface area contributed by atoms with Gasteiger partial charge < -0.3 is 47.9 Å². The highest BCUT2D eigenvalue weighted by Gasteiger charge is 2.60. The van der Waals surface area contributed by atoms with Crippen LogP contribution >= 0.6 is 0 Å². The molecule has 2 aromatic heterocycles. The molecule has 3 aliphatic heterocycles. The molecule has 15 heteroatoms. The predicted octanol–water partition coefficient (Wildman–Crippen LogP) is 7.00. The second-order valence-corrected chi connectivity index (χ2v) is 19.5. The molecule has 0 bridgehead atoms. The highest BCUT2D eigenvalue weighted by atomic mass is 16.7. The van der Waals surface area contributed by atoms with Crippen molar-refractivity contribution in [3.05, 3.63) is 66.6 Å². The van der Waals surface area contributed by atoms with Gasteiger partial charge in [-0.15, -0.1) is 0 Å². The minimum atomic E-state index is -1.42. The summed E-state index contributed by atoms with van der Waals surface area (Å²) in [7, 11) is 3.48. The van der Waals surface area contributed by atoms with Crippen molar-refractivity contribution < 1.29 is 52.7 Å². The molecule has 15 nitrogen and oxygen atoms in total. The van der Waals surface area contributed by atoms with E-state index in [0.717, 1.165) is 23.9 Å². The molecule has 0 unspecified atom stereocenters. The Bertz CT molecular complexity index is 2120. The number of likely N-dealkylation sites (N-methyl/N-ethyl adjacent to an activating group) is 1. The summed E-state index contributed by atoms with van der Waals surface area (Å²) in [4.78, 5) is 65.7. The van der Waals surface area contributed by atoms with E-state index in [1.54, 1.807) is 43.3 Å². The van der Waals surface area contributed by atoms with Crippen molar-refractivity contribution in [1.82, 2.24) is 19.4 Å². The number of ether oxygens (including phenoxy) is 6. The van der Waals surface area contributed by atoms with Crippen molar-refractivity contribution in [2.24, 2.45) is 23.7 Å². The number of aryl methyl sites for hydroxylation is 1. The summed E-state index contributed by atoms with van der Waals surface area (Å²) >= 11 is 0. The van der Waals surface area contributed by atoms with Crippen LogP contribution in [0.1, 0.15) is 100.0 Å². The van der Waals surface area contributed by atoms with Crippen LogP contribution in [0.4, 0.5) is 4.79 Å². The minimum absolute atomic E-state index is 0.118. The van der Waals surface area contributed by atoms with E-state index in [4.69, 9.17) is 28.4 Å². The van der Waals surface area contributed by atoms with E-state index in [2.05, 4.69) is 38.8 Å². The number of benzene rings is 1. The number of aliphatic hydroxyl groups is 1. The topological polar surface area (TPSA) is 168 Å². The highest BCUT2D eigenvalue weighted by molar-refractivity contribution is 5.85. The summed E-state index contributed by atoms with van der Waals surface area (Å²) in [5, 5.41) is 13.0. The molecule has 5 heterocycles. The maximum absolute atomic E-state index is 15.0. The Labute approximate surface area is 390 Å². The first-order valence-corrected chi connectivity index (χ1v) is 24.0. The summed E-state index contributed by atoms with van der Waals surface area (Å²) < 4.78 is 40.9. The normalized spacial score (nSPS) is 34.7. The molecule has 3 fully saturated rings. The van der Waals surface area contributed by atoms with Gasteiger partial charge in [0, 0.05) is 68.1 Å². The van der Waals surface area contributed by atoms with Crippen LogP contribution in [0.15, 0.2) is 61.1 Å². The Hall–Kier alpha value is -4.41. The second-order valence-electron chi connectivity index (χ2n) is 19.5. The lowest BCUT2D eigenvalue weighted by Gasteiger charge is -2.48. The van der Waals surface area contributed by atoms with E-state index in [1.807, 2.05) is 67.6 Å². The Morgan fingerprint density at radius 3 is 2.39 bits per heavy atom. The Kier molecular flexibility index (Phi) is 16.8. The number of aromatic nitrogens is 2. The number of nitrogens with zero attached hydrogens (tertiary/aromatic N) is 4. The van der Waals surface area contributed by atoms with Gasteiger partial charge in [0.25, 0.3) is 0 Å². The highest BCUT2D eigenvalue weighted by Crippen LogP contribution is 2.44. The molecule has 0 aliphatic carbocycles. The van der Waals surface area contributed by atoms with Gasteiger partial charge >= 0.3 is 18.0 Å². The van der Waals surface area contributed by atoms with Crippen molar-refractivity contribution in [2.45, 2.75) is 167 Å². The third kappa shape index (κ3) is 10.8. The van der Waals surface area contributed by atoms with Gasteiger partial charge in [0.15, 0.2) is 11.9 Å². The number of Topliss-reactive ketones (excluding diaryl/α,β-unsaturated/α-hetero) is 1. The van der Waals surface area contributed by atoms with Gasteiger partial charge in [0.2, 0.25) is 0 Å². The largest absolute Gasteiger partial charge is 0.461 e. The number of cyclic esters (lactones) is 1. The SMILES string of the molecule is CC[C@H]1OC(=O)[C@H](C)[C@@H](OC(=O)Cc2cccnc2)[C@H](C)[C@@H](O[C@H]2O[C@@H](C)C[C@@H](N(C)CC)[C@@H]2O)[C@](C)(OC)C[C@@H](C)C(=O)[C@H](C)[C@H]2N(CCCCn3ccc4ccccc43)C(=O)O[C@]12C. The molecular formula is C51H74N4O11. The van der Waals surface area contributed by atoms with Crippen LogP contribution in [0, 0.1) is 23.7 Å². The number of methoxy groups -OCH3 is 1. The number of rotatable bonds is 14. The van der Waals surface area contributed by atoms with Gasteiger partial charge in [-0.1, -0.05) is 58.9 Å². The maximum atomic E-state index is 15.0. The Balaban J connectivity index is 1.37. The fraction of sp³-hybridized carbons (Fsp3) is 0.667. The number of aliphatic hydroxyl groups excluding tert-OH is 1. The quantitative estimate of drug-likeness (QED) is 0.0999. The smallest absolute Gasteiger partial charge is 0.410 e. The lowest BCUT2D eigenvalue weighted by atomic mass is 9.73. The molecule has 3 saturated heterocycles. The van der Waals surface area contributed by atoms with Crippen LogP contribution in [-0.4, -0.2) is 136 Å². The number of esters is 2. The molecule has 1 N–H and O–H groups in total. The molecule has 364 valence electrons. The Morgan fingerprint density at radius 2 is 1.71 bits per heavy atom. The molecule has 3 aliphatic rings. The fourth-order valence-electron chi connectivity index (χ4n) is 11.0. The number of unbranched alkanes of at least 4 members (excludes halogenated alkanes) is 1. The third-order valence-electron chi connectivity index (χ3n) is 14.8. The van der Waals surface area contributed by atoms with Gasteiger partial charge in [0.05, 0.1) is 36.2 Å². The van der Waals surface area contributed by atoms with E-state index >= 15 is 4.79 Å². The minimum Gasteiger partial charge on any atom is -0.461 e. The molecule has 66 heavy (non-hydrogen) atoms. The van der Waals surface area contributed by atoms with Crippen molar-refractivity contribution >= 4 is 34.7 Å². The Morgan fingerprint density at radius 1 is 0.985 bits per heavy atom. The summed E-state index contributed by atoms with van der Waals surface area (Å²) in [5.74, 6) is -4.72. The number of carbonyl (C=O) groups excluding carboxylic acids is 4. The molecule has 1 amide bonds. The van der Waals surface area contributed by atoms with Crippen molar-refractivity contribution in [1.29, 1.82) is 0 Å². The van der Waals surface area contributed by atoms with E-state index in [-0.39, 0.29) is 37.2 Å². The van der Waals surface area contributed by atoms with Gasteiger partial charge in [-0.25, -0.2) is 4.79 Å². The van der Waals surface area contributed by atoms with Crippen LogP contribution in [-0.2, 0) is 55.8 Å². The molecule has 0 radical (unpaired) electrons. The number of hydrogen-bond donors (Lipinski definition) is 1. The average Bonchev–Trinajstić information content (AvgIpc) is 3.83. The molecule has 6 rings (SSSR count). The first kappa shape index (κ1) is 51.0. The van der Waals surface area contributed by atoms with Crippen LogP contribution in [0.25, 0.3) is 10.9 Å². The van der Waals surface area contributed by atoms with Crippen molar-refractivity contribution in [2.75, 3.05) is 27.2 Å². The maximum Gasteiger partial charge on any atom is 0.410 e. The van der Waals surface area contributed by atoms with E-state index in [1.165, 1.54) is 7.11 Å². The van der Waals surface area contributed by atoms with E-state index in [0.29, 0.717) is 31.5 Å². The number of carbonyl (C=O) groups is 4. The molecule has 14 atom stereocenters. The zero-order valence-corrected chi connectivity index (χ0v) is 40.9. The van der Waals surface area contributed by atoms with E-state index in [9.17, 15) is 19.5 Å². The third-order valence-corrected chi connectivity index (χ3v) is 14.8. The number of ketones is 1. The van der Waals surface area contributed by atoms with E-state index < -0.39 is 89.7 Å². The second kappa shape index (κ2) is 21.7. The van der Waals surface area contributed by atoms with Crippen LogP contribution in [0.3, 0.4) is 0 Å². The zero-order chi connectivity index (χ0) is 48.1. The molecule has 0 saturated carbocycles. The monoisotopic (exact) mass is 919 g/mol. The summed E-state index contributed by atoms with van der Waals surface area (Å²) in [6, 6.07) is 12.7. The fourth-order valence-corrected chi connectivity index (χ4v) is 11.0. The van der Waals surface area contributed by atoms with Gasteiger partial charge in [-0.3, -0.25) is 19.4 Å². The average molecular weight is 919 g/mol. The summed E-state index contributed by atoms with van der Waals surface area (Å²) in [6.45, 7) is 18.2. The summed E-state index contributed by atoms with van der Waals surface area (Å²) in [5.41, 5.74) is -0.950. The number of para-hydroxylation sites is 1. The number of pyridine rings is 1. The zero-order valence-electron chi connectivity index (χ0n) is 40.9. The standard InChI is InChI=1S/C51H74N4O11/c1-12-40-51(9)45(55(49(60)66-51)25-17-16-24-54-26-22-37-20-14-15-21-38(37)54)33(5)42(57)31(3)29-50(8,61-11)46(65-48-43(58)39(53(10)13-2)27-32(4)62-48)34(6)44(35(7)47(59)63-40)64-41(56)28-36-19-18-23-52-30-36/h14-15,18-23,26,30-35,39-40,43-46,48,58H,12-13,16-17,24-25,27-29H2,1-11H3/t31-,32+,33+,34+,35-,39-,40-,43+,44+,45-,46-,48-,50-,51-/m1/s1. The van der Waals surface area contributed by atoms with Crippen molar-refractivity contribution in [3.8, 4) is 0 Å². The van der Waals surface area contributed by atoms with Crippen LogP contribution < -0.4 is 0 Å². The molecule has 1 aromatic carbocycles. The lowest BCUT2D eigenvalue weighted by Crippen LogP contribution is -2.61. The lowest BCUT2D eigenvalue weighted by molar-refractivity contribution is -0.302. The van der Waals surface area contributed by atoms with Gasteiger partial charge in [0.1, 0.15) is 24.1 Å². The van der Waals surface area contributed by atoms with Gasteiger partial charge in [-0.2, -0.15) is 0 Å². The first-order chi connectivity index (χ1) is 31.4. The van der Waals surface area contributed by atoms with Crippen LogP contribution in [0.2, 0.25) is 0 Å². The van der Waals surface area contributed by atoms with Crippen molar-refractivity contribution in [3.63, 3.8) is 0 Å². The number of amides is 1. The molecule has 0 spiro atoms. The van der Waals surface area contributed by atoms with Crippen LogP contribution in [0.5, 0.6) is 0 Å². The molecule has 3 aromatic rings. The first-order valence-electron chi connectivity index (χ1n) is 24.0. The molecular weight excluding hydrogens is 845 g/mol. The number of fused-ring (bicyclic) bond motifs is 2. The predicted molar refractivity (Wildman–Crippen MR) is 248 cm³/mol. The number of hydrogen-bond acceptors (Lipinski definition) is 13. The summed E-state index contributed by atoms with van der Waals surface area (Å²) in [6.07, 6.45) is 1.28.